The number of carbonyl (C=O) groups is 2. The molecule has 1 heterocycles. The van der Waals surface area contributed by atoms with Crippen LogP contribution < -0.4 is 5.32 Å². The zero-order chi connectivity index (χ0) is 13.8. The maximum Gasteiger partial charge on any atom is 0.241 e. The van der Waals surface area contributed by atoms with Crippen LogP contribution in [0.4, 0.5) is 5.69 Å². The van der Waals surface area contributed by atoms with E-state index in [-0.39, 0.29) is 17.7 Å². The highest BCUT2D eigenvalue weighted by atomic mass is 16.2. The van der Waals surface area contributed by atoms with Crippen molar-refractivity contribution in [3.05, 3.63) is 29.8 Å². The highest BCUT2D eigenvalue weighted by Crippen LogP contribution is 2.18. The molecule has 0 bridgehead atoms. The minimum Gasteiger partial charge on any atom is -0.324 e. The number of Topliss-reactive ketones (excluding diaryl/α,β-unsaturated/α-hetero) is 1. The Morgan fingerprint density at radius 2 is 1.84 bits per heavy atom. The number of carbonyl (C=O) groups excluding carboxylic acids is 2. The molecule has 0 radical (unpaired) electrons. The number of amides is 1. The van der Waals surface area contributed by atoms with E-state index in [9.17, 15) is 9.59 Å². The first kappa shape index (κ1) is 13.7. The monoisotopic (exact) mass is 260 g/mol. The van der Waals surface area contributed by atoms with Crippen molar-refractivity contribution in [2.75, 3.05) is 18.4 Å². The molecule has 19 heavy (non-hydrogen) atoms. The van der Waals surface area contributed by atoms with E-state index >= 15 is 0 Å². The van der Waals surface area contributed by atoms with E-state index < -0.39 is 0 Å². The zero-order valence-electron chi connectivity index (χ0n) is 11.5. The number of likely N-dealkylation sites (tertiary alicyclic amines) is 1. The number of ketones is 1. The first-order valence-electron chi connectivity index (χ1n) is 6.74. The molecular formula is C15H20N2O2. The van der Waals surface area contributed by atoms with Crippen molar-refractivity contribution in [3.63, 3.8) is 0 Å². The second kappa shape index (κ2) is 5.97. The normalized spacial score (nSPS) is 17.2. The lowest BCUT2D eigenvalue weighted by Crippen LogP contribution is -2.40. The van der Waals surface area contributed by atoms with Crippen molar-refractivity contribution in [1.82, 2.24) is 4.90 Å². The van der Waals surface area contributed by atoms with Gasteiger partial charge in [0.05, 0.1) is 11.7 Å². The largest absolute Gasteiger partial charge is 0.324 e. The molecule has 1 aliphatic heterocycles. The molecule has 1 aromatic rings. The summed E-state index contributed by atoms with van der Waals surface area (Å²) in [5.41, 5.74) is 1.16. The predicted molar refractivity (Wildman–Crippen MR) is 75.3 cm³/mol. The fourth-order valence-electron chi connectivity index (χ4n) is 2.43. The molecule has 0 aliphatic carbocycles. The van der Waals surface area contributed by atoms with Gasteiger partial charge in [0.15, 0.2) is 5.78 Å². The van der Waals surface area contributed by atoms with Gasteiger partial charge in [0.1, 0.15) is 0 Å². The summed E-state index contributed by atoms with van der Waals surface area (Å²) in [6.45, 7) is 5.37. The van der Waals surface area contributed by atoms with Crippen LogP contribution in [-0.4, -0.2) is 35.7 Å². The van der Waals surface area contributed by atoms with Gasteiger partial charge in [-0.25, -0.2) is 0 Å². The van der Waals surface area contributed by atoms with Gasteiger partial charge in [-0.1, -0.05) is 12.1 Å². The van der Waals surface area contributed by atoms with Crippen LogP contribution in [0.25, 0.3) is 0 Å². The standard InChI is InChI=1S/C15H20N2O2/c1-11(17-9-5-6-10-17)15(19)16-14-8-4-3-7-13(14)12(2)18/h3-4,7-8,11H,5-6,9-10H2,1-2H3,(H,16,19)/t11-/m1/s1. The Balaban J connectivity index is 2.08. The van der Waals surface area contributed by atoms with Crippen LogP contribution in [0.5, 0.6) is 0 Å². The minimum absolute atomic E-state index is 0.0373. The molecule has 1 atom stereocenters. The van der Waals surface area contributed by atoms with Crippen LogP contribution in [0.3, 0.4) is 0 Å². The van der Waals surface area contributed by atoms with Crippen LogP contribution >= 0.6 is 0 Å². The van der Waals surface area contributed by atoms with Gasteiger partial charge in [-0.3, -0.25) is 14.5 Å². The Kier molecular flexibility index (Phi) is 4.32. The molecule has 4 nitrogen and oxygen atoms in total. The van der Waals surface area contributed by atoms with Gasteiger partial charge in [0, 0.05) is 5.56 Å². The summed E-state index contributed by atoms with van der Waals surface area (Å²) in [7, 11) is 0. The summed E-state index contributed by atoms with van der Waals surface area (Å²) in [6, 6.07) is 6.98. The molecule has 1 fully saturated rings. The van der Waals surface area contributed by atoms with Gasteiger partial charge in [0.25, 0.3) is 0 Å². The van der Waals surface area contributed by atoms with Crippen LogP contribution in [0, 0.1) is 0 Å². The van der Waals surface area contributed by atoms with Gasteiger partial charge >= 0.3 is 0 Å². The summed E-state index contributed by atoms with van der Waals surface area (Å²) in [4.78, 5) is 25.9. The van der Waals surface area contributed by atoms with E-state index in [1.54, 1.807) is 18.2 Å². The molecule has 1 aliphatic rings. The zero-order valence-corrected chi connectivity index (χ0v) is 11.5. The lowest BCUT2D eigenvalue weighted by molar-refractivity contribution is -0.120. The topological polar surface area (TPSA) is 49.4 Å². The fraction of sp³-hybridized carbons (Fsp3) is 0.467. The SMILES string of the molecule is CC(=O)c1ccccc1NC(=O)[C@@H](C)N1CCCC1. The predicted octanol–water partition coefficient (Wildman–Crippen LogP) is 2.31. The van der Waals surface area contributed by atoms with E-state index in [4.69, 9.17) is 0 Å². The smallest absolute Gasteiger partial charge is 0.241 e. The van der Waals surface area contributed by atoms with Crippen LogP contribution in [0.15, 0.2) is 24.3 Å². The lowest BCUT2D eigenvalue weighted by Gasteiger charge is -2.23. The number of hydrogen-bond donors (Lipinski definition) is 1. The van der Waals surface area contributed by atoms with Crippen LogP contribution in [0.1, 0.15) is 37.0 Å². The molecule has 0 saturated carbocycles. The van der Waals surface area contributed by atoms with Gasteiger partial charge in [-0.2, -0.15) is 0 Å². The lowest BCUT2D eigenvalue weighted by atomic mass is 10.1. The van der Waals surface area contributed by atoms with E-state index in [2.05, 4.69) is 10.2 Å². The van der Waals surface area contributed by atoms with E-state index in [0.29, 0.717) is 11.3 Å². The van der Waals surface area contributed by atoms with Gasteiger partial charge in [0.2, 0.25) is 5.91 Å². The quantitative estimate of drug-likeness (QED) is 0.845. The number of nitrogens with one attached hydrogen (secondary N) is 1. The molecular weight excluding hydrogens is 240 g/mol. The third kappa shape index (κ3) is 3.20. The minimum atomic E-state index is -0.150. The molecule has 4 heteroatoms. The average Bonchev–Trinajstić information content (AvgIpc) is 2.92. The molecule has 0 aromatic heterocycles. The number of rotatable bonds is 4. The number of para-hydroxylation sites is 1. The summed E-state index contributed by atoms with van der Waals surface area (Å²) < 4.78 is 0. The van der Waals surface area contributed by atoms with Crippen molar-refractivity contribution >= 4 is 17.4 Å². The average molecular weight is 260 g/mol. The number of anilines is 1. The molecule has 1 saturated heterocycles. The van der Waals surface area contributed by atoms with Gasteiger partial charge < -0.3 is 5.32 Å². The summed E-state index contributed by atoms with van der Waals surface area (Å²) in [5.74, 6) is -0.0830. The van der Waals surface area contributed by atoms with Crippen molar-refractivity contribution in [1.29, 1.82) is 0 Å². The van der Waals surface area contributed by atoms with Crippen molar-refractivity contribution < 1.29 is 9.59 Å². The maximum atomic E-state index is 12.2. The summed E-state index contributed by atoms with van der Waals surface area (Å²) in [6.07, 6.45) is 2.31. The summed E-state index contributed by atoms with van der Waals surface area (Å²) >= 11 is 0. The fourth-order valence-corrected chi connectivity index (χ4v) is 2.43. The number of benzene rings is 1. The third-order valence-corrected chi connectivity index (χ3v) is 3.63. The van der Waals surface area contributed by atoms with E-state index in [0.717, 1.165) is 25.9 Å². The Labute approximate surface area is 113 Å². The van der Waals surface area contributed by atoms with Gasteiger partial charge in [-0.05, 0) is 51.9 Å². The molecule has 102 valence electrons. The second-order valence-electron chi connectivity index (χ2n) is 5.01. The highest BCUT2D eigenvalue weighted by Gasteiger charge is 2.24. The molecule has 0 unspecified atom stereocenters. The Bertz CT molecular complexity index is 479. The van der Waals surface area contributed by atoms with Crippen molar-refractivity contribution in [3.8, 4) is 0 Å². The van der Waals surface area contributed by atoms with Crippen LogP contribution in [0.2, 0.25) is 0 Å². The third-order valence-electron chi connectivity index (χ3n) is 3.63. The molecule has 1 amide bonds. The number of nitrogens with zero attached hydrogens (tertiary/aromatic N) is 1. The second-order valence-corrected chi connectivity index (χ2v) is 5.01. The first-order chi connectivity index (χ1) is 9.09. The Morgan fingerprint density at radius 3 is 2.47 bits per heavy atom. The number of hydrogen-bond acceptors (Lipinski definition) is 3. The molecule has 1 aromatic carbocycles. The Hall–Kier alpha value is -1.68. The van der Waals surface area contributed by atoms with E-state index in [1.165, 1.54) is 6.92 Å². The van der Waals surface area contributed by atoms with Gasteiger partial charge in [-0.15, -0.1) is 0 Å². The van der Waals surface area contributed by atoms with Crippen LogP contribution in [-0.2, 0) is 4.79 Å². The molecule has 2 rings (SSSR count). The van der Waals surface area contributed by atoms with Crippen molar-refractivity contribution in [2.24, 2.45) is 0 Å². The highest BCUT2D eigenvalue weighted by molar-refractivity contribution is 6.04. The van der Waals surface area contributed by atoms with E-state index in [1.807, 2.05) is 13.0 Å². The van der Waals surface area contributed by atoms with Crippen molar-refractivity contribution in [2.45, 2.75) is 32.7 Å². The first-order valence-corrected chi connectivity index (χ1v) is 6.74. The molecule has 0 spiro atoms. The Morgan fingerprint density at radius 1 is 1.21 bits per heavy atom. The maximum absolute atomic E-state index is 12.2. The molecule has 1 N–H and O–H groups in total. The summed E-state index contributed by atoms with van der Waals surface area (Å²) in [5, 5.41) is 2.87.